The van der Waals surface area contributed by atoms with Crippen LogP contribution in [0, 0.1) is 6.92 Å². The van der Waals surface area contributed by atoms with Gasteiger partial charge in [0.05, 0.1) is 12.5 Å². The van der Waals surface area contributed by atoms with Gasteiger partial charge in [-0.3, -0.25) is 20.2 Å². The number of halogens is 1. The van der Waals surface area contributed by atoms with Crippen LogP contribution >= 0.6 is 11.6 Å². The molecule has 0 bridgehead atoms. The zero-order chi connectivity index (χ0) is 17.1. The number of aliphatic imine (C=N–C) groups is 1. The number of hydrogen-bond acceptors (Lipinski definition) is 3. The van der Waals surface area contributed by atoms with Crippen molar-refractivity contribution in [2.24, 2.45) is 4.99 Å². The summed E-state index contributed by atoms with van der Waals surface area (Å²) < 4.78 is 0. The maximum Gasteiger partial charge on any atom is 0.258 e. The van der Waals surface area contributed by atoms with E-state index in [-0.39, 0.29) is 30.2 Å². The van der Waals surface area contributed by atoms with E-state index >= 15 is 0 Å². The molecule has 0 aromatic heterocycles. The van der Waals surface area contributed by atoms with E-state index < -0.39 is 0 Å². The lowest BCUT2D eigenvalue weighted by molar-refractivity contribution is -0.120. The van der Waals surface area contributed by atoms with Crippen molar-refractivity contribution in [3.05, 3.63) is 70.2 Å². The number of guanidine groups is 1. The Hall–Kier alpha value is -2.66. The number of nitrogens with one attached hydrogen (secondary N) is 2. The zero-order valence-electron chi connectivity index (χ0n) is 13.0. The second-order valence-corrected chi connectivity index (χ2v) is 6.06. The van der Waals surface area contributed by atoms with Crippen molar-refractivity contribution in [2.75, 3.05) is 0 Å². The molecule has 122 valence electrons. The molecular weight excluding hydrogens is 326 g/mol. The van der Waals surface area contributed by atoms with Crippen molar-refractivity contribution in [3.63, 3.8) is 0 Å². The second kappa shape index (κ2) is 6.84. The topological polar surface area (TPSA) is 70.6 Å². The minimum Gasteiger partial charge on any atom is -0.296 e. The van der Waals surface area contributed by atoms with Crippen molar-refractivity contribution in [2.45, 2.75) is 19.4 Å². The molecule has 1 atom stereocenters. The first-order valence-corrected chi connectivity index (χ1v) is 7.90. The van der Waals surface area contributed by atoms with Gasteiger partial charge in [0.25, 0.3) is 5.91 Å². The van der Waals surface area contributed by atoms with Gasteiger partial charge in [0, 0.05) is 10.6 Å². The number of amides is 2. The average Bonchev–Trinajstić information content (AvgIpc) is 2.55. The quantitative estimate of drug-likeness (QED) is 0.881. The standard InChI is InChI=1S/C18H16ClN3O2/c1-11-5-7-12(8-6-11)15-10-16(23)21-18(20-15)22-17(24)13-3-2-4-14(19)9-13/h2-9,15H,10H2,1H3,(H2,20,21,22,23,24). The maximum atomic E-state index is 12.3. The van der Waals surface area contributed by atoms with Crippen LogP contribution in [0.15, 0.2) is 53.5 Å². The molecular formula is C18H16ClN3O2. The molecule has 1 aliphatic heterocycles. The summed E-state index contributed by atoms with van der Waals surface area (Å²) in [7, 11) is 0. The molecule has 5 nitrogen and oxygen atoms in total. The highest BCUT2D eigenvalue weighted by atomic mass is 35.5. The van der Waals surface area contributed by atoms with E-state index in [1.165, 1.54) is 0 Å². The lowest BCUT2D eigenvalue weighted by Gasteiger charge is -2.21. The van der Waals surface area contributed by atoms with Crippen LogP contribution in [0.1, 0.15) is 33.9 Å². The summed E-state index contributed by atoms with van der Waals surface area (Å²) in [6.07, 6.45) is 0.250. The third kappa shape index (κ3) is 3.81. The van der Waals surface area contributed by atoms with Crippen molar-refractivity contribution in [1.82, 2.24) is 10.6 Å². The van der Waals surface area contributed by atoms with Crippen LogP contribution in [0.5, 0.6) is 0 Å². The monoisotopic (exact) mass is 341 g/mol. The highest BCUT2D eigenvalue weighted by molar-refractivity contribution is 6.31. The summed E-state index contributed by atoms with van der Waals surface area (Å²) in [5, 5.41) is 5.68. The molecule has 0 fully saturated rings. The van der Waals surface area contributed by atoms with Gasteiger partial charge in [-0.15, -0.1) is 0 Å². The molecule has 2 aromatic carbocycles. The molecule has 2 aromatic rings. The smallest absolute Gasteiger partial charge is 0.258 e. The van der Waals surface area contributed by atoms with Crippen molar-refractivity contribution in [1.29, 1.82) is 0 Å². The largest absolute Gasteiger partial charge is 0.296 e. The Morgan fingerprint density at radius 3 is 2.71 bits per heavy atom. The van der Waals surface area contributed by atoms with Crippen LogP contribution in [-0.2, 0) is 4.79 Å². The predicted octanol–water partition coefficient (Wildman–Crippen LogP) is 3.00. The number of aryl methyl sites for hydroxylation is 1. The van der Waals surface area contributed by atoms with Gasteiger partial charge in [0.1, 0.15) is 0 Å². The average molecular weight is 342 g/mol. The van der Waals surface area contributed by atoms with Crippen molar-refractivity contribution < 1.29 is 9.59 Å². The number of hydrogen-bond donors (Lipinski definition) is 2. The van der Waals surface area contributed by atoms with Crippen molar-refractivity contribution >= 4 is 29.4 Å². The lowest BCUT2D eigenvalue weighted by atomic mass is 10.0. The lowest BCUT2D eigenvalue weighted by Crippen LogP contribution is -2.47. The van der Waals surface area contributed by atoms with Crippen LogP contribution < -0.4 is 10.6 Å². The highest BCUT2D eigenvalue weighted by Crippen LogP contribution is 2.23. The molecule has 0 spiro atoms. The molecule has 6 heteroatoms. The number of carbonyl (C=O) groups is 2. The van der Waals surface area contributed by atoms with E-state index in [0.29, 0.717) is 10.6 Å². The van der Waals surface area contributed by atoms with E-state index in [1.807, 2.05) is 31.2 Å². The van der Waals surface area contributed by atoms with Gasteiger partial charge in [-0.2, -0.15) is 0 Å². The minimum atomic E-state index is -0.374. The summed E-state index contributed by atoms with van der Waals surface area (Å²) in [5.74, 6) is -0.403. The fourth-order valence-corrected chi connectivity index (χ4v) is 2.64. The molecule has 2 N–H and O–H groups in total. The van der Waals surface area contributed by atoms with Crippen LogP contribution in [0.2, 0.25) is 5.02 Å². The Kier molecular flexibility index (Phi) is 4.62. The number of carbonyl (C=O) groups excluding carboxylic acids is 2. The summed E-state index contributed by atoms with van der Waals surface area (Å²) in [4.78, 5) is 28.6. The van der Waals surface area contributed by atoms with E-state index in [0.717, 1.165) is 11.1 Å². The molecule has 0 saturated heterocycles. The predicted molar refractivity (Wildman–Crippen MR) is 93.0 cm³/mol. The first-order valence-electron chi connectivity index (χ1n) is 7.52. The van der Waals surface area contributed by atoms with Gasteiger partial charge < -0.3 is 0 Å². The van der Waals surface area contributed by atoms with E-state index in [4.69, 9.17) is 11.6 Å². The number of benzene rings is 2. The van der Waals surface area contributed by atoms with Crippen LogP contribution in [-0.4, -0.2) is 17.8 Å². The fraction of sp³-hybridized carbons (Fsp3) is 0.167. The summed E-state index contributed by atoms with van der Waals surface area (Å²) >= 11 is 5.89. The Morgan fingerprint density at radius 2 is 2.00 bits per heavy atom. The van der Waals surface area contributed by atoms with Gasteiger partial charge in [-0.1, -0.05) is 47.5 Å². The SMILES string of the molecule is Cc1ccc(C2CC(=O)NC(NC(=O)c3cccc(Cl)c3)=N2)cc1. The second-order valence-electron chi connectivity index (χ2n) is 5.62. The van der Waals surface area contributed by atoms with Gasteiger partial charge in [-0.05, 0) is 30.7 Å². The first kappa shape index (κ1) is 16.2. The molecule has 1 unspecified atom stereocenters. The molecule has 0 aliphatic carbocycles. The van der Waals surface area contributed by atoms with E-state index in [9.17, 15) is 9.59 Å². The molecule has 1 heterocycles. The zero-order valence-corrected chi connectivity index (χ0v) is 13.8. The summed E-state index contributed by atoms with van der Waals surface area (Å²) in [6, 6.07) is 14.1. The molecule has 24 heavy (non-hydrogen) atoms. The van der Waals surface area contributed by atoms with Crippen LogP contribution in [0.3, 0.4) is 0 Å². The van der Waals surface area contributed by atoms with Gasteiger partial charge in [0.15, 0.2) is 0 Å². The number of rotatable bonds is 2. The molecule has 1 aliphatic rings. The summed E-state index contributed by atoms with van der Waals surface area (Å²) in [6.45, 7) is 2.00. The van der Waals surface area contributed by atoms with Crippen LogP contribution in [0.4, 0.5) is 0 Å². The fourth-order valence-electron chi connectivity index (χ4n) is 2.45. The first-order chi connectivity index (χ1) is 11.5. The Labute approximate surface area is 144 Å². The van der Waals surface area contributed by atoms with E-state index in [1.54, 1.807) is 24.3 Å². The third-order valence-electron chi connectivity index (χ3n) is 3.70. The van der Waals surface area contributed by atoms with Crippen molar-refractivity contribution in [3.8, 4) is 0 Å². The van der Waals surface area contributed by atoms with Gasteiger partial charge in [-0.25, -0.2) is 4.99 Å². The van der Waals surface area contributed by atoms with Gasteiger partial charge >= 0.3 is 0 Å². The third-order valence-corrected chi connectivity index (χ3v) is 3.94. The molecule has 2 amide bonds. The van der Waals surface area contributed by atoms with Crippen LogP contribution in [0.25, 0.3) is 0 Å². The minimum absolute atomic E-state index is 0.154. The Morgan fingerprint density at radius 1 is 1.25 bits per heavy atom. The maximum absolute atomic E-state index is 12.3. The number of nitrogens with zero attached hydrogens (tertiary/aromatic N) is 1. The summed E-state index contributed by atoms with van der Waals surface area (Å²) in [5.41, 5.74) is 2.47. The molecule has 3 rings (SSSR count). The Balaban J connectivity index is 1.80. The van der Waals surface area contributed by atoms with E-state index in [2.05, 4.69) is 15.6 Å². The van der Waals surface area contributed by atoms with Gasteiger partial charge in [0.2, 0.25) is 11.9 Å². The normalized spacial score (nSPS) is 17.0. The Bertz CT molecular complexity index is 815. The molecule has 0 saturated carbocycles. The highest BCUT2D eigenvalue weighted by Gasteiger charge is 2.23. The molecule has 0 radical (unpaired) electrons.